The second-order valence-electron chi connectivity index (χ2n) is 12.3. The molecule has 0 saturated carbocycles. The summed E-state index contributed by atoms with van der Waals surface area (Å²) >= 11 is 13.0. The van der Waals surface area contributed by atoms with E-state index in [9.17, 15) is 18.0 Å². The first kappa shape index (κ1) is 35.0. The SMILES string of the molecule is Cc1ccc(S(=O)(=O)N(CC(=O)N(Cc2ccccc2Cl)[C@@H](Cc2ccccc2)C(=O)NC(C)(C)C)c2cccc(Cl)c2C)cc1. The number of amides is 2. The van der Waals surface area contributed by atoms with Crippen molar-refractivity contribution in [3.8, 4) is 0 Å². The Morgan fingerprint density at radius 1 is 0.804 bits per heavy atom. The van der Waals surface area contributed by atoms with Crippen LogP contribution in [0.3, 0.4) is 0 Å². The van der Waals surface area contributed by atoms with Crippen LogP contribution in [-0.2, 0) is 32.6 Å². The van der Waals surface area contributed by atoms with Crippen LogP contribution < -0.4 is 9.62 Å². The number of hydrogen-bond acceptors (Lipinski definition) is 4. The number of benzene rings is 4. The molecule has 0 unspecified atom stereocenters. The maximum absolute atomic E-state index is 14.6. The van der Waals surface area contributed by atoms with E-state index in [1.165, 1.54) is 17.0 Å². The van der Waals surface area contributed by atoms with Crippen molar-refractivity contribution in [1.29, 1.82) is 0 Å². The average molecular weight is 681 g/mol. The first-order chi connectivity index (χ1) is 21.7. The number of sulfonamides is 1. The van der Waals surface area contributed by atoms with Crippen LogP contribution in [0, 0.1) is 13.8 Å². The van der Waals surface area contributed by atoms with Crippen LogP contribution in [-0.4, -0.2) is 43.3 Å². The molecule has 4 rings (SSSR count). The Morgan fingerprint density at radius 2 is 1.41 bits per heavy atom. The highest BCUT2D eigenvalue weighted by Crippen LogP contribution is 2.32. The van der Waals surface area contributed by atoms with Gasteiger partial charge in [-0.1, -0.05) is 95.5 Å². The van der Waals surface area contributed by atoms with Gasteiger partial charge in [0.05, 0.1) is 10.6 Å². The van der Waals surface area contributed by atoms with Crippen LogP contribution in [0.25, 0.3) is 0 Å². The summed E-state index contributed by atoms with van der Waals surface area (Å²) in [7, 11) is -4.25. The third kappa shape index (κ3) is 8.69. The zero-order chi connectivity index (χ0) is 33.6. The Bertz CT molecular complexity index is 1790. The molecule has 0 aliphatic rings. The van der Waals surface area contributed by atoms with Crippen LogP contribution in [0.4, 0.5) is 5.69 Å². The van der Waals surface area contributed by atoms with Gasteiger partial charge in [0.2, 0.25) is 11.8 Å². The molecule has 0 aliphatic heterocycles. The number of nitrogens with zero attached hydrogens (tertiary/aromatic N) is 2. The van der Waals surface area contributed by atoms with Crippen molar-refractivity contribution in [2.75, 3.05) is 10.8 Å². The van der Waals surface area contributed by atoms with E-state index in [2.05, 4.69) is 5.32 Å². The van der Waals surface area contributed by atoms with E-state index < -0.39 is 34.1 Å². The highest BCUT2D eigenvalue weighted by Gasteiger charge is 2.36. The van der Waals surface area contributed by atoms with Crippen LogP contribution in [0.2, 0.25) is 10.0 Å². The average Bonchev–Trinajstić information content (AvgIpc) is 3.00. The molecule has 0 bridgehead atoms. The summed E-state index contributed by atoms with van der Waals surface area (Å²) in [5.74, 6) is -0.955. The Morgan fingerprint density at radius 3 is 2.04 bits per heavy atom. The predicted octanol–water partition coefficient (Wildman–Crippen LogP) is 7.36. The number of carbonyl (C=O) groups excluding carboxylic acids is 2. The normalized spacial score (nSPS) is 12.3. The van der Waals surface area contributed by atoms with Gasteiger partial charge in [-0.15, -0.1) is 0 Å². The van der Waals surface area contributed by atoms with Gasteiger partial charge in [-0.3, -0.25) is 13.9 Å². The quantitative estimate of drug-likeness (QED) is 0.179. The Kier molecular flexibility index (Phi) is 11.2. The lowest BCUT2D eigenvalue weighted by atomic mass is 10.0. The highest BCUT2D eigenvalue weighted by molar-refractivity contribution is 7.92. The smallest absolute Gasteiger partial charge is 0.264 e. The molecule has 0 saturated heterocycles. The fourth-order valence-corrected chi connectivity index (χ4v) is 6.87. The van der Waals surface area contributed by atoms with Gasteiger partial charge < -0.3 is 10.2 Å². The van der Waals surface area contributed by atoms with Gasteiger partial charge in [-0.2, -0.15) is 0 Å². The van der Waals surface area contributed by atoms with Crippen molar-refractivity contribution < 1.29 is 18.0 Å². The second kappa shape index (κ2) is 14.7. The number of aryl methyl sites for hydroxylation is 1. The van der Waals surface area contributed by atoms with Gasteiger partial charge in [0, 0.05) is 28.5 Å². The molecule has 4 aromatic carbocycles. The lowest BCUT2D eigenvalue weighted by Crippen LogP contribution is -2.56. The lowest BCUT2D eigenvalue weighted by Gasteiger charge is -2.35. The van der Waals surface area contributed by atoms with E-state index in [4.69, 9.17) is 23.2 Å². The van der Waals surface area contributed by atoms with Gasteiger partial charge >= 0.3 is 0 Å². The minimum Gasteiger partial charge on any atom is -0.350 e. The van der Waals surface area contributed by atoms with E-state index >= 15 is 0 Å². The molecule has 4 aromatic rings. The number of halogens is 2. The van der Waals surface area contributed by atoms with E-state index in [-0.39, 0.29) is 29.5 Å². The summed E-state index contributed by atoms with van der Waals surface area (Å²) in [4.78, 5) is 30.1. The summed E-state index contributed by atoms with van der Waals surface area (Å²) in [6, 6.07) is 26.8. The maximum Gasteiger partial charge on any atom is 0.264 e. The molecule has 0 radical (unpaired) electrons. The predicted molar refractivity (Wildman–Crippen MR) is 186 cm³/mol. The van der Waals surface area contributed by atoms with Gasteiger partial charge in [0.25, 0.3) is 10.0 Å². The molecule has 0 aliphatic carbocycles. The number of nitrogens with one attached hydrogen (secondary N) is 1. The molecule has 10 heteroatoms. The number of rotatable bonds is 11. The van der Waals surface area contributed by atoms with Crippen molar-refractivity contribution in [1.82, 2.24) is 10.2 Å². The van der Waals surface area contributed by atoms with E-state index in [1.54, 1.807) is 61.5 Å². The highest BCUT2D eigenvalue weighted by atomic mass is 35.5. The fraction of sp³-hybridized carbons (Fsp3) is 0.278. The standard InChI is InChI=1S/C36H39Cl2N3O4S/c1-25-18-20-29(21-19-25)46(44,45)41(32-17-11-16-30(37)26(32)2)24-34(42)40(23-28-14-9-10-15-31(28)38)33(35(43)39-36(3,4)5)22-27-12-7-6-8-13-27/h6-21,33H,22-24H2,1-5H3,(H,39,43)/t33-/m0/s1. The molecule has 0 spiro atoms. The molecular formula is C36H39Cl2N3O4S. The lowest BCUT2D eigenvalue weighted by molar-refractivity contribution is -0.140. The molecule has 1 N–H and O–H groups in total. The molecular weight excluding hydrogens is 641 g/mol. The summed E-state index contributed by atoms with van der Waals surface area (Å²) in [6.45, 7) is 8.54. The molecule has 2 amide bonds. The Balaban J connectivity index is 1.86. The topological polar surface area (TPSA) is 86.8 Å². The molecule has 242 valence electrons. The zero-order valence-corrected chi connectivity index (χ0v) is 29.0. The number of carbonyl (C=O) groups is 2. The summed E-state index contributed by atoms with van der Waals surface area (Å²) < 4.78 is 29.6. The first-order valence-electron chi connectivity index (χ1n) is 14.9. The van der Waals surface area contributed by atoms with Crippen LogP contribution >= 0.6 is 23.2 Å². The maximum atomic E-state index is 14.6. The van der Waals surface area contributed by atoms with Crippen molar-refractivity contribution in [2.45, 2.75) is 64.1 Å². The Hall–Kier alpha value is -3.85. The Labute approximate surface area is 282 Å². The molecule has 0 heterocycles. The number of hydrogen-bond donors (Lipinski definition) is 1. The van der Waals surface area contributed by atoms with E-state index in [0.717, 1.165) is 15.4 Å². The monoisotopic (exact) mass is 679 g/mol. The van der Waals surface area contributed by atoms with Crippen molar-refractivity contribution in [3.63, 3.8) is 0 Å². The molecule has 7 nitrogen and oxygen atoms in total. The van der Waals surface area contributed by atoms with E-state index in [1.807, 2.05) is 58.0 Å². The summed E-state index contributed by atoms with van der Waals surface area (Å²) in [5.41, 5.74) is 2.51. The van der Waals surface area contributed by atoms with Gasteiger partial charge in [-0.05, 0) is 81.6 Å². The van der Waals surface area contributed by atoms with Gasteiger partial charge in [-0.25, -0.2) is 8.42 Å². The minimum atomic E-state index is -4.25. The third-order valence-corrected chi connectivity index (χ3v) is 10.0. The molecule has 0 aromatic heterocycles. The summed E-state index contributed by atoms with van der Waals surface area (Å²) in [6.07, 6.45) is 0.194. The zero-order valence-electron chi connectivity index (χ0n) is 26.6. The van der Waals surface area contributed by atoms with Gasteiger partial charge in [0.1, 0.15) is 12.6 Å². The van der Waals surface area contributed by atoms with Crippen molar-refractivity contribution in [2.24, 2.45) is 0 Å². The van der Waals surface area contributed by atoms with Crippen LogP contribution in [0.5, 0.6) is 0 Å². The van der Waals surface area contributed by atoms with Gasteiger partial charge in [0.15, 0.2) is 0 Å². The molecule has 0 fully saturated rings. The first-order valence-corrected chi connectivity index (χ1v) is 17.1. The molecule has 1 atom stereocenters. The second-order valence-corrected chi connectivity index (χ2v) is 14.9. The van der Waals surface area contributed by atoms with Crippen molar-refractivity contribution >= 4 is 50.7 Å². The van der Waals surface area contributed by atoms with Crippen LogP contribution in [0.1, 0.15) is 43.0 Å². The van der Waals surface area contributed by atoms with Crippen molar-refractivity contribution in [3.05, 3.63) is 129 Å². The summed E-state index contributed by atoms with van der Waals surface area (Å²) in [5, 5.41) is 3.80. The third-order valence-electron chi connectivity index (χ3n) is 7.46. The minimum absolute atomic E-state index is 0.0224. The molecule has 46 heavy (non-hydrogen) atoms. The number of anilines is 1. The van der Waals surface area contributed by atoms with Crippen LogP contribution in [0.15, 0.2) is 102 Å². The largest absolute Gasteiger partial charge is 0.350 e. The fourth-order valence-electron chi connectivity index (χ4n) is 5.03. The van der Waals surface area contributed by atoms with E-state index in [0.29, 0.717) is 21.2 Å².